The van der Waals surface area contributed by atoms with Crippen LogP contribution in [0, 0.1) is 0 Å². The number of sulfonamides is 1. The van der Waals surface area contributed by atoms with E-state index in [1.54, 1.807) is 12.1 Å². The molecule has 0 fully saturated rings. The van der Waals surface area contributed by atoms with Gasteiger partial charge in [-0.25, -0.2) is 8.42 Å². The number of methoxy groups -OCH3 is 2. The van der Waals surface area contributed by atoms with Gasteiger partial charge in [0.05, 0.1) is 26.2 Å². The van der Waals surface area contributed by atoms with E-state index < -0.39 is 28.5 Å². The number of rotatable bonds is 14. The summed E-state index contributed by atoms with van der Waals surface area (Å²) in [5.74, 6) is -0.207. The molecule has 0 saturated carbocycles. The van der Waals surface area contributed by atoms with E-state index in [9.17, 15) is 18.0 Å². The monoisotopic (exact) mass is 645 g/mol. The van der Waals surface area contributed by atoms with E-state index in [-0.39, 0.29) is 30.3 Å². The Morgan fingerprint density at radius 3 is 2.22 bits per heavy atom. The molecule has 0 saturated heterocycles. The van der Waals surface area contributed by atoms with Gasteiger partial charge in [0.2, 0.25) is 21.8 Å². The average molecular weight is 647 g/mol. The summed E-state index contributed by atoms with van der Waals surface area (Å²) in [6.07, 6.45) is 2.00. The first-order valence-corrected chi connectivity index (χ1v) is 15.8. The van der Waals surface area contributed by atoms with Gasteiger partial charge in [0.25, 0.3) is 0 Å². The lowest BCUT2D eigenvalue weighted by atomic mass is 10.0. The molecule has 0 bridgehead atoms. The molecule has 0 aliphatic rings. The molecule has 3 aromatic rings. The highest BCUT2D eigenvalue weighted by atomic mass is 79.9. The highest BCUT2D eigenvalue weighted by Gasteiger charge is 2.33. The van der Waals surface area contributed by atoms with Crippen LogP contribution in [0.2, 0.25) is 0 Å². The van der Waals surface area contributed by atoms with Crippen molar-refractivity contribution in [1.29, 1.82) is 0 Å². The Kier molecular flexibility index (Phi) is 11.6. The Hall–Kier alpha value is -3.57. The van der Waals surface area contributed by atoms with Crippen LogP contribution >= 0.6 is 15.9 Å². The zero-order chi connectivity index (χ0) is 30.0. The lowest BCUT2D eigenvalue weighted by Crippen LogP contribution is -2.53. The summed E-state index contributed by atoms with van der Waals surface area (Å²) in [6, 6.07) is 20.7. The number of nitrogens with zero attached hydrogens (tertiary/aromatic N) is 2. The van der Waals surface area contributed by atoms with Crippen molar-refractivity contribution in [1.82, 2.24) is 10.2 Å². The van der Waals surface area contributed by atoms with Crippen molar-refractivity contribution in [3.8, 4) is 11.5 Å². The summed E-state index contributed by atoms with van der Waals surface area (Å²) in [7, 11) is -1.08. The summed E-state index contributed by atoms with van der Waals surface area (Å²) in [6.45, 7) is 1.94. The largest absolute Gasteiger partial charge is 0.497 e. The maximum absolute atomic E-state index is 14.2. The summed E-state index contributed by atoms with van der Waals surface area (Å²) in [4.78, 5) is 29.2. The molecule has 0 aliphatic carbocycles. The molecule has 0 unspecified atom stereocenters. The van der Waals surface area contributed by atoms with Gasteiger partial charge >= 0.3 is 0 Å². The summed E-state index contributed by atoms with van der Waals surface area (Å²) in [5.41, 5.74) is 1.81. The number of anilines is 1. The van der Waals surface area contributed by atoms with Crippen molar-refractivity contribution in [2.24, 2.45) is 0 Å². The van der Waals surface area contributed by atoms with Crippen LogP contribution in [0.15, 0.2) is 77.3 Å². The first kappa shape index (κ1) is 32.0. The van der Waals surface area contributed by atoms with Crippen LogP contribution in [-0.2, 0) is 32.6 Å². The van der Waals surface area contributed by atoms with E-state index in [1.165, 1.54) is 25.2 Å². The van der Waals surface area contributed by atoms with E-state index in [1.807, 2.05) is 61.5 Å². The minimum absolute atomic E-state index is 0.0933. The number of carbonyl (C=O) groups excluding carboxylic acids is 2. The first-order valence-electron chi connectivity index (χ1n) is 13.1. The smallest absolute Gasteiger partial charge is 0.244 e. The summed E-state index contributed by atoms with van der Waals surface area (Å²) < 4.78 is 38.7. The van der Waals surface area contributed by atoms with Crippen LogP contribution in [0.4, 0.5) is 5.69 Å². The zero-order valence-corrected chi connectivity index (χ0v) is 26.1. The Morgan fingerprint density at radius 1 is 0.951 bits per heavy atom. The second-order valence-corrected chi connectivity index (χ2v) is 12.3. The highest BCUT2D eigenvalue weighted by Crippen LogP contribution is 2.34. The van der Waals surface area contributed by atoms with E-state index in [0.29, 0.717) is 12.3 Å². The quantitative estimate of drug-likeness (QED) is 0.279. The second-order valence-electron chi connectivity index (χ2n) is 9.45. The van der Waals surface area contributed by atoms with Crippen molar-refractivity contribution in [2.45, 2.75) is 32.4 Å². The number of halogens is 1. The number of hydrogen-bond acceptors (Lipinski definition) is 6. The van der Waals surface area contributed by atoms with Crippen LogP contribution in [-0.4, -0.2) is 64.7 Å². The number of ether oxygens (including phenoxy) is 2. The van der Waals surface area contributed by atoms with Crippen molar-refractivity contribution < 1.29 is 27.5 Å². The lowest BCUT2D eigenvalue weighted by Gasteiger charge is -2.33. The van der Waals surface area contributed by atoms with Crippen molar-refractivity contribution >= 4 is 43.5 Å². The molecule has 41 heavy (non-hydrogen) atoms. The van der Waals surface area contributed by atoms with Crippen LogP contribution in [0.1, 0.15) is 24.5 Å². The fourth-order valence-corrected chi connectivity index (χ4v) is 5.40. The van der Waals surface area contributed by atoms with Gasteiger partial charge in [-0.05, 0) is 41.8 Å². The van der Waals surface area contributed by atoms with Gasteiger partial charge in [0.1, 0.15) is 24.1 Å². The molecule has 0 aliphatic heterocycles. The summed E-state index contributed by atoms with van der Waals surface area (Å²) in [5, 5.41) is 2.92. The van der Waals surface area contributed by atoms with Gasteiger partial charge in [0, 0.05) is 30.0 Å². The Morgan fingerprint density at radius 2 is 1.63 bits per heavy atom. The maximum atomic E-state index is 14.2. The number of benzene rings is 3. The highest BCUT2D eigenvalue weighted by molar-refractivity contribution is 9.10. The lowest BCUT2D eigenvalue weighted by molar-refractivity contribution is -0.140. The number of hydrogen-bond donors (Lipinski definition) is 1. The molecule has 1 N–H and O–H groups in total. The van der Waals surface area contributed by atoms with E-state index in [0.717, 1.165) is 32.6 Å². The van der Waals surface area contributed by atoms with Gasteiger partial charge in [-0.3, -0.25) is 13.9 Å². The molecule has 1 atom stereocenters. The van der Waals surface area contributed by atoms with Crippen LogP contribution in [0.25, 0.3) is 0 Å². The Bertz CT molecular complexity index is 1420. The maximum Gasteiger partial charge on any atom is 0.244 e. The molecule has 0 heterocycles. The molecule has 0 aromatic heterocycles. The van der Waals surface area contributed by atoms with Crippen LogP contribution < -0.4 is 19.1 Å². The third-order valence-electron chi connectivity index (χ3n) is 6.42. The van der Waals surface area contributed by atoms with Crippen molar-refractivity contribution in [2.75, 3.05) is 37.9 Å². The molecule has 0 spiro atoms. The minimum atomic E-state index is -3.96. The third kappa shape index (κ3) is 8.96. The fraction of sp³-hybridized carbons (Fsp3) is 0.333. The molecular formula is C30H36BrN3O6S. The standard InChI is InChI=1S/C30H36BrN3O6S/c1-5-17-32-30(36)27(18-22-9-7-6-8-10-22)33(20-23-11-13-24(31)14-12-23)29(35)21-34(41(4,37)38)26-19-25(39-2)15-16-28(26)40-3/h6-16,19,27H,5,17-18,20-21H2,1-4H3,(H,32,36)/t27-/m0/s1. The summed E-state index contributed by atoms with van der Waals surface area (Å²) >= 11 is 3.43. The van der Waals surface area contributed by atoms with Crippen LogP contribution in [0.3, 0.4) is 0 Å². The number of amides is 2. The first-order chi connectivity index (χ1) is 19.6. The molecule has 11 heteroatoms. The molecule has 0 radical (unpaired) electrons. The average Bonchev–Trinajstić information content (AvgIpc) is 2.96. The van der Waals surface area contributed by atoms with E-state index in [2.05, 4.69) is 21.2 Å². The topological polar surface area (TPSA) is 105 Å². The molecule has 220 valence electrons. The Labute approximate surface area is 250 Å². The van der Waals surface area contributed by atoms with Crippen LogP contribution in [0.5, 0.6) is 11.5 Å². The fourth-order valence-electron chi connectivity index (χ4n) is 4.29. The number of nitrogens with one attached hydrogen (secondary N) is 1. The molecular weight excluding hydrogens is 610 g/mol. The third-order valence-corrected chi connectivity index (χ3v) is 8.08. The predicted octanol–water partition coefficient (Wildman–Crippen LogP) is 4.40. The SMILES string of the molecule is CCCNC(=O)[C@H](Cc1ccccc1)N(Cc1ccc(Br)cc1)C(=O)CN(c1cc(OC)ccc1OC)S(C)(=O)=O. The molecule has 9 nitrogen and oxygen atoms in total. The van der Waals surface area contributed by atoms with Crippen molar-refractivity contribution in [3.63, 3.8) is 0 Å². The van der Waals surface area contributed by atoms with Gasteiger partial charge in [0.15, 0.2) is 0 Å². The Balaban J connectivity index is 2.09. The predicted molar refractivity (Wildman–Crippen MR) is 164 cm³/mol. The second kappa shape index (κ2) is 14.9. The molecule has 3 aromatic carbocycles. The van der Waals surface area contributed by atoms with Gasteiger partial charge < -0.3 is 19.7 Å². The molecule has 2 amide bonds. The van der Waals surface area contributed by atoms with Gasteiger partial charge in [-0.1, -0.05) is 65.3 Å². The van der Waals surface area contributed by atoms with E-state index in [4.69, 9.17) is 9.47 Å². The van der Waals surface area contributed by atoms with Gasteiger partial charge in [-0.2, -0.15) is 0 Å². The normalized spacial score (nSPS) is 11.8. The number of carbonyl (C=O) groups is 2. The van der Waals surface area contributed by atoms with Crippen molar-refractivity contribution in [3.05, 3.63) is 88.4 Å². The zero-order valence-electron chi connectivity index (χ0n) is 23.7. The van der Waals surface area contributed by atoms with E-state index >= 15 is 0 Å². The van der Waals surface area contributed by atoms with Gasteiger partial charge in [-0.15, -0.1) is 0 Å². The molecule has 3 rings (SSSR count). The minimum Gasteiger partial charge on any atom is -0.497 e.